The van der Waals surface area contributed by atoms with E-state index in [1.807, 2.05) is 0 Å². The lowest BCUT2D eigenvalue weighted by molar-refractivity contribution is -0.141. The van der Waals surface area contributed by atoms with Gasteiger partial charge in [-0.15, -0.1) is 0 Å². The fourth-order valence-electron chi connectivity index (χ4n) is 2.37. The predicted molar refractivity (Wildman–Crippen MR) is 91.5 cm³/mol. The van der Waals surface area contributed by atoms with Gasteiger partial charge in [0.15, 0.2) is 0 Å². The maximum Gasteiger partial charge on any atom is 0.306 e. The van der Waals surface area contributed by atoms with Gasteiger partial charge in [-0.3, -0.25) is 4.79 Å². The summed E-state index contributed by atoms with van der Waals surface area (Å²) in [5.74, 6) is -0.844. The Bertz CT molecular complexity index is 335. The first-order valence-corrected chi connectivity index (χ1v) is 8.49. The Labute approximate surface area is 131 Å². The van der Waals surface area contributed by atoms with Crippen molar-refractivity contribution in [3.8, 4) is 0 Å². The van der Waals surface area contributed by atoms with Crippen molar-refractivity contribution in [3.05, 3.63) is 23.3 Å². The molecule has 0 aliphatic carbocycles. The first kappa shape index (κ1) is 19.9. The van der Waals surface area contributed by atoms with Gasteiger partial charge < -0.3 is 5.11 Å². The molecule has 21 heavy (non-hydrogen) atoms. The Morgan fingerprint density at radius 2 is 1.71 bits per heavy atom. The largest absolute Gasteiger partial charge is 0.481 e. The summed E-state index contributed by atoms with van der Waals surface area (Å²) in [5.41, 5.74) is 2.66. The van der Waals surface area contributed by atoms with Crippen LogP contribution in [0.3, 0.4) is 0 Å². The standard InChI is InChI=1S/C19H34O2/c1-5-6-7-8-9-13-18(19(20)21)15-14-17(4)12-10-11-16(2)3/h11,14,18H,5-10,12-13,15H2,1-4H3,(H,20,21). The van der Waals surface area contributed by atoms with Crippen LogP contribution in [-0.4, -0.2) is 11.1 Å². The molecule has 1 unspecified atom stereocenters. The van der Waals surface area contributed by atoms with Gasteiger partial charge in [0.2, 0.25) is 0 Å². The van der Waals surface area contributed by atoms with Gasteiger partial charge in [-0.05, 0) is 46.5 Å². The van der Waals surface area contributed by atoms with E-state index < -0.39 is 5.97 Å². The van der Waals surface area contributed by atoms with Crippen molar-refractivity contribution < 1.29 is 9.90 Å². The minimum absolute atomic E-state index is 0.204. The molecular formula is C19H34O2. The van der Waals surface area contributed by atoms with Gasteiger partial charge in [0.1, 0.15) is 0 Å². The van der Waals surface area contributed by atoms with Crippen molar-refractivity contribution in [1.29, 1.82) is 0 Å². The molecule has 2 nitrogen and oxygen atoms in total. The zero-order valence-corrected chi connectivity index (χ0v) is 14.5. The second kappa shape index (κ2) is 12.7. The molecule has 0 aliphatic heterocycles. The number of carboxylic acid groups (broad SMARTS) is 1. The summed E-state index contributed by atoms with van der Waals surface area (Å²) in [6.07, 6.45) is 13.9. The van der Waals surface area contributed by atoms with Gasteiger partial charge in [0, 0.05) is 0 Å². The van der Waals surface area contributed by atoms with Gasteiger partial charge in [-0.2, -0.15) is 0 Å². The van der Waals surface area contributed by atoms with Crippen LogP contribution in [0, 0.1) is 5.92 Å². The average Bonchev–Trinajstić information content (AvgIpc) is 2.41. The molecule has 1 atom stereocenters. The van der Waals surface area contributed by atoms with Crippen LogP contribution in [0.25, 0.3) is 0 Å². The lowest BCUT2D eigenvalue weighted by atomic mass is 9.95. The van der Waals surface area contributed by atoms with Crippen LogP contribution in [0.5, 0.6) is 0 Å². The van der Waals surface area contributed by atoms with Crippen molar-refractivity contribution in [2.45, 2.75) is 85.5 Å². The third kappa shape index (κ3) is 12.4. The number of carboxylic acids is 1. The Balaban J connectivity index is 4.07. The maximum absolute atomic E-state index is 11.3. The lowest BCUT2D eigenvalue weighted by Gasteiger charge is -2.10. The van der Waals surface area contributed by atoms with Crippen LogP contribution in [0.4, 0.5) is 0 Å². The third-order valence-electron chi connectivity index (χ3n) is 3.85. The Kier molecular flexibility index (Phi) is 12.0. The number of aliphatic carboxylic acids is 1. The molecule has 0 saturated carbocycles. The number of hydrogen-bond donors (Lipinski definition) is 1. The van der Waals surface area contributed by atoms with E-state index in [4.69, 9.17) is 0 Å². The average molecular weight is 294 g/mol. The first-order chi connectivity index (χ1) is 9.97. The Morgan fingerprint density at radius 3 is 2.29 bits per heavy atom. The lowest BCUT2D eigenvalue weighted by Crippen LogP contribution is -2.12. The normalized spacial score (nSPS) is 13.0. The summed E-state index contributed by atoms with van der Waals surface area (Å²) in [7, 11) is 0. The van der Waals surface area contributed by atoms with Crippen molar-refractivity contribution in [2.75, 3.05) is 0 Å². The van der Waals surface area contributed by atoms with E-state index in [9.17, 15) is 9.90 Å². The summed E-state index contributed by atoms with van der Waals surface area (Å²) in [4.78, 5) is 11.3. The molecule has 0 aliphatic rings. The van der Waals surface area contributed by atoms with Gasteiger partial charge in [0.05, 0.1) is 5.92 Å². The van der Waals surface area contributed by atoms with Gasteiger partial charge >= 0.3 is 5.97 Å². The first-order valence-electron chi connectivity index (χ1n) is 8.49. The Hall–Kier alpha value is -1.05. The molecule has 0 rings (SSSR count). The van der Waals surface area contributed by atoms with Crippen LogP contribution in [-0.2, 0) is 4.79 Å². The van der Waals surface area contributed by atoms with Crippen LogP contribution in [0.15, 0.2) is 23.3 Å². The fraction of sp³-hybridized carbons (Fsp3) is 0.737. The quantitative estimate of drug-likeness (QED) is 0.347. The molecule has 2 heteroatoms. The molecule has 0 bridgehead atoms. The monoisotopic (exact) mass is 294 g/mol. The van der Waals surface area contributed by atoms with E-state index in [1.165, 1.54) is 36.8 Å². The van der Waals surface area contributed by atoms with E-state index in [-0.39, 0.29) is 5.92 Å². The summed E-state index contributed by atoms with van der Waals surface area (Å²) in [6.45, 7) is 8.53. The molecule has 0 radical (unpaired) electrons. The molecule has 0 saturated heterocycles. The highest BCUT2D eigenvalue weighted by molar-refractivity contribution is 5.70. The van der Waals surface area contributed by atoms with E-state index in [2.05, 4.69) is 39.8 Å². The molecule has 122 valence electrons. The van der Waals surface area contributed by atoms with E-state index in [1.54, 1.807) is 0 Å². The number of hydrogen-bond acceptors (Lipinski definition) is 1. The van der Waals surface area contributed by atoms with E-state index in [0.717, 1.165) is 25.7 Å². The van der Waals surface area contributed by atoms with E-state index >= 15 is 0 Å². The minimum atomic E-state index is -0.640. The highest BCUT2D eigenvalue weighted by Crippen LogP contribution is 2.18. The highest BCUT2D eigenvalue weighted by Gasteiger charge is 2.15. The smallest absolute Gasteiger partial charge is 0.306 e. The summed E-state index contributed by atoms with van der Waals surface area (Å²) in [6, 6.07) is 0. The van der Waals surface area contributed by atoms with Crippen LogP contribution >= 0.6 is 0 Å². The van der Waals surface area contributed by atoms with Crippen LogP contribution in [0.2, 0.25) is 0 Å². The molecular weight excluding hydrogens is 260 g/mol. The SMILES string of the molecule is CCCCCCCC(CC=C(C)CCC=C(C)C)C(=O)O. The maximum atomic E-state index is 11.3. The second-order valence-electron chi connectivity index (χ2n) is 6.34. The number of unbranched alkanes of at least 4 members (excludes halogenated alkanes) is 4. The van der Waals surface area contributed by atoms with Gasteiger partial charge in [0.25, 0.3) is 0 Å². The van der Waals surface area contributed by atoms with Crippen molar-refractivity contribution >= 4 is 5.97 Å². The zero-order chi connectivity index (χ0) is 16.1. The molecule has 0 aromatic carbocycles. The molecule has 0 aromatic rings. The molecule has 0 fully saturated rings. The number of rotatable bonds is 12. The Morgan fingerprint density at radius 1 is 1.05 bits per heavy atom. The molecule has 0 heterocycles. The zero-order valence-electron chi connectivity index (χ0n) is 14.5. The molecule has 0 spiro atoms. The minimum Gasteiger partial charge on any atom is -0.481 e. The predicted octanol–water partition coefficient (Wildman–Crippen LogP) is 6.13. The number of allylic oxidation sites excluding steroid dienone is 4. The third-order valence-corrected chi connectivity index (χ3v) is 3.85. The van der Waals surface area contributed by atoms with Crippen molar-refractivity contribution in [2.24, 2.45) is 5.92 Å². The number of carbonyl (C=O) groups is 1. The van der Waals surface area contributed by atoms with Crippen LogP contribution < -0.4 is 0 Å². The van der Waals surface area contributed by atoms with E-state index in [0.29, 0.717) is 6.42 Å². The topological polar surface area (TPSA) is 37.3 Å². The molecule has 0 aromatic heterocycles. The molecule has 0 amide bonds. The second-order valence-corrected chi connectivity index (χ2v) is 6.34. The van der Waals surface area contributed by atoms with Crippen molar-refractivity contribution in [1.82, 2.24) is 0 Å². The van der Waals surface area contributed by atoms with Gasteiger partial charge in [-0.25, -0.2) is 0 Å². The fourth-order valence-corrected chi connectivity index (χ4v) is 2.37. The van der Waals surface area contributed by atoms with Crippen molar-refractivity contribution in [3.63, 3.8) is 0 Å². The van der Waals surface area contributed by atoms with Crippen LogP contribution in [0.1, 0.15) is 85.5 Å². The summed E-state index contributed by atoms with van der Waals surface area (Å²) in [5, 5.41) is 9.30. The highest BCUT2D eigenvalue weighted by atomic mass is 16.4. The summed E-state index contributed by atoms with van der Waals surface area (Å²) >= 11 is 0. The summed E-state index contributed by atoms with van der Waals surface area (Å²) < 4.78 is 0. The van der Waals surface area contributed by atoms with Gasteiger partial charge in [-0.1, -0.05) is 62.3 Å². The molecule has 1 N–H and O–H groups in total.